The van der Waals surface area contributed by atoms with Crippen LogP contribution in [0.15, 0.2) is 36.0 Å². The van der Waals surface area contributed by atoms with Crippen molar-refractivity contribution in [2.45, 2.75) is 6.54 Å². The summed E-state index contributed by atoms with van der Waals surface area (Å²) in [5.74, 6) is -0.366. The lowest BCUT2D eigenvalue weighted by Gasteiger charge is -2.26. The van der Waals surface area contributed by atoms with Crippen molar-refractivity contribution in [1.29, 1.82) is 5.26 Å². The van der Waals surface area contributed by atoms with Crippen LogP contribution >= 0.6 is 11.6 Å². The van der Waals surface area contributed by atoms with Gasteiger partial charge in [0.1, 0.15) is 11.6 Å². The Balaban J connectivity index is 1.73. The molecule has 0 aromatic heterocycles. The quantitative estimate of drug-likeness (QED) is 0.573. The third-order valence-electron chi connectivity index (χ3n) is 3.65. The van der Waals surface area contributed by atoms with E-state index in [0.29, 0.717) is 18.1 Å². The number of hydrogen-bond donors (Lipinski definition) is 2. The zero-order valence-electron chi connectivity index (χ0n) is 13.4. The van der Waals surface area contributed by atoms with Gasteiger partial charge in [-0.15, -0.1) is 0 Å². The number of rotatable bonds is 7. The van der Waals surface area contributed by atoms with E-state index in [4.69, 9.17) is 21.6 Å². The number of morpholine rings is 1. The number of carbonyl (C=O) groups excluding carboxylic acids is 1. The summed E-state index contributed by atoms with van der Waals surface area (Å²) in [5, 5.41) is 15.5. The summed E-state index contributed by atoms with van der Waals surface area (Å²) in [6.07, 6.45) is 1.44. The van der Waals surface area contributed by atoms with Crippen LogP contribution in [0.3, 0.4) is 0 Å². The third kappa shape index (κ3) is 6.20. The molecule has 1 fully saturated rings. The molecule has 1 aromatic carbocycles. The van der Waals surface area contributed by atoms with E-state index in [9.17, 15) is 4.79 Å². The average Bonchev–Trinajstić information content (AvgIpc) is 2.61. The fourth-order valence-electron chi connectivity index (χ4n) is 2.27. The Morgan fingerprint density at radius 1 is 1.33 bits per heavy atom. The van der Waals surface area contributed by atoms with E-state index in [1.165, 1.54) is 6.20 Å². The van der Waals surface area contributed by atoms with E-state index in [0.717, 1.165) is 38.4 Å². The number of carbonyl (C=O) groups is 1. The zero-order chi connectivity index (χ0) is 17.2. The van der Waals surface area contributed by atoms with Crippen LogP contribution in [0.5, 0.6) is 0 Å². The van der Waals surface area contributed by atoms with Crippen LogP contribution in [0.1, 0.15) is 5.56 Å². The van der Waals surface area contributed by atoms with Crippen molar-refractivity contribution >= 4 is 17.5 Å². The van der Waals surface area contributed by atoms with Crippen molar-refractivity contribution in [3.8, 4) is 6.07 Å². The maximum atomic E-state index is 12.0. The molecule has 0 spiro atoms. The minimum Gasteiger partial charge on any atom is -0.386 e. The summed E-state index contributed by atoms with van der Waals surface area (Å²) in [5.41, 5.74) is 1.08. The Kier molecular flexibility index (Phi) is 7.56. The Morgan fingerprint density at radius 3 is 2.71 bits per heavy atom. The van der Waals surface area contributed by atoms with Gasteiger partial charge >= 0.3 is 0 Å². The summed E-state index contributed by atoms with van der Waals surface area (Å²) in [6.45, 7) is 4.99. The summed E-state index contributed by atoms with van der Waals surface area (Å²) >= 11 is 5.83. The van der Waals surface area contributed by atoms with Crippen LogP contribution in [-0.2, 0) is 16.1 Å². The molecule has 1 heterocycles. The van der Waals surface area contributed by atoms with Crippen LogP contribution in [0.2, 0.25) is 5.02 Å². The van der Waals surface area contributed by atoms with Gasteiger partial charge in [0, 0.05) is 43.9 Å². The number of hydrogen-bond acceptors (Lipinski definition) is 5. The lowest BCUT2D eigenvalue weighted by molar-refractivity contribution is -0.117. The van der Waals surface area contributed by atoms with Crippen molar-refractivity contribution in [3.05, 3.63) is 46.6 Å². The van der Waals surface area contributed by atoms with Gasteiger partial charge in [-0.25, -0.2) is 0 Å². The van der Waals surface area contributed by atoms with Crippen LogP contribution < -0.4 is 10.6 Å². The molecule has 1 amide bonds. The molecular formula is C17H21ClN4O2. The molecule has 1 aliphatic heterocycles. The van der Waals surface area contributed by atoms with E-state index < -0.39 is 0 Å². The van der Waals surface area contributed by atoms with Gasteiger partial charge in [0.05, 0.1) is 13.2 Å². The normalized spacial score (nSPS) is 15.6. The predicted molar refractivity (Wildman–Crippen MR) is 92.3 cm³/mol. The highest BCUT2D eigenvalue weighted by molar-refractivity contribution is 6.30. The first-order chi connectivity index (χ1) is 11.7. The van der Waals surface area contributed by atoms with Crippen LogP contribution in [0.4, 0.5) is 0 Å². The topological polar surface area (TPSA) is 77.4 Å². The van der Waals surface area contributed by atoms with Gasteiger partial charge in [0.2, 0.25) is 0 Å². The Morgan fingerprint density at radius 2 is 2.04 bits per heavy atom. The number of nitrogens with zero attached hydrogens (tertiary/aromatic N) is 2. The first-order valence-corrected chi connectivity index (χ1v) is 8.23. The van der Waals surface area contributed by atoms with E-state index in [-0.39, 0.29) is 11.5 Å². The van der Waals surface area contributed by atoms with Gasteiger partial charge in [-0.2, -0.15) is 5.26 Å². The van der Waals surface area contributed by atoms with Gasteiger partial charge in [0.15, 0.2) is 0 Å². The highest BCUT2D eigenvalue weighted by Crippen LogP contribution is 2.09. The molecule has 7 heteroatoms. The molecule has 1 aromatic rings. The fraction of sp³-hybridized carbons (Fsp3) is 0.412. The molecular weight excluding hydrogens is 328 g/mol. The fourth-order valence-corrected chi connectivity index (χ4v) is 2.40. The van der Waals surface area contributed by atoms with Crippen molar-refractivity contribution in [2.24, 2.45) is 0 Å². The molecule has 0 radical (unpaired) electrons. The molecule has 2 rings (SSSR count). The second kappa shape index (κ2) is 9.93. The molecule has 6 nitrogen and oxygen atoms in total. The van der Waals surface area contributed by atoms with Gasteiger partial charge in [-0.1, -0.05) is 23.7 Å². The van der Waals surface area contributed by atoms with Crippen LogP contribution in [0, 0.1) is 11.3 Å². The molecule has 0 bridgehead atoms. The Hall–Kier alpha value is -2.07. The zero-order valence-corrected chi connectivity index (χ0v) is 14.2. The molecule has 0 atom stereocenters. The molecule has 0 aliphatic carbocycles. The molecule has 2 N–H and O–H groups in total. The standard InChI is InChI=1S/C17H21ClN4O2/c18-16-3-1-14(2-4-16)12-20-13-15(11-19)17(23)21-5-6-22-7-9-24-10-8-22/h1-4,13,20H,5-10,12H2,(H,21,23)/b15-13-. The first-order valence-electron chi connectivity index (χ1n) is 7.85. The average molecular weight is 349 g/mol. The second-order valence-electron chi connectivity index (χ2n) is 5.39. The Bertz CT molecular complexity index is 604. The molecule has 128 valence electrons. The Labute approximate surface area is 147 Å². The molecule has 1 aliphatic rings. The number of nitrogens with one attached hydrogen (secondary N) is 2. The van der Waals surface area contributed by atoms with Crippen molar-refractivity contribution in [3.63, 3.8) is 0 Å². The van der Waals surface area contributed by atoms with Gasteiger partial charge < -0.3 is 15.4 Å². The number of nitriles is 1. The molecule has 1 saturated heterocycles. The third-order valence-corrected chi connectivity index (χ3v) is 3.90. The van der Waals surface area contributed by atoms with E-state index in [1.807, 2.05) is 18.2 Å². The molecule has 0 unspecified atom stereocenters. The van der Waals surface area contributed by atoms with Crippen LogP contribution in [0.25, 0.3) is 0 Å². The SMILES string of the molecule is N#C/C(=C/NCc1ccc(Cl)cc1)C(=O)NCCN1CCOCC1. The number of halogens is 1. The van der Waals surface area contributed by atoms with Crippen molar-refractivity contribution in [2.75, 3.05) is 39.4 Å². The lowest BCUT2D eigenvalue weighted by Crippen LogP contribution is -2.41. The molecule has 24 heavy (non-hydrogen) atoms. The number of amides is 1. The molecule has 0 saturated carbocycles. The lowest BCUT2D eigenvalue weighted by atomic mass is 10.2. The van der Waals surface area contributed by atoms with Gasteiger partial charge in [-0.05, 0) is 17.7 Å². The van der Waals surface area contributed by atoms with Crippen LogP contribution in [-0.4, -0.2) is 50.2 Å². The highest BCUT2D eigenvalue weighted by Gasteiger charge is 2.12. The minimum absolute atomic E-state index is 0.0611. The number of ether oxygens (including phenoxy) is 1. The summed E-state index contributed by atoms with van der Waals surface area (Å²) < 4.78 is 5.27. The maximum absolute atomic E-state index is 12.0. The van der Waals surface area contributed by atoms with E-state index >= 15 is 0 Å². The van der Waals surface area contributed by atoms with E-state index in [1.54, 1.807) is 12.1 Å². The largest absolute Gasteiger partial charge is 0.386 e. The summed E-state index contributed by atoms with van der Waals surface area (Å²) in [6, 6.07) is 9.29. The van der Waals surface area contributed by atoms with E-state index in [2.05, 4.69) is 15.5 Å². The first kappa shape index (κ1) is 18.3. The second-order valence-corrected chi connectivity index (χ2v) is 5.82. The minimum atomic E-state index is -0.366. The predicted octanol–water partition coefficient (Wildman–Crippen LogP) is 1.29. The van der Waals surface area contributed by atoms with Gasteiger partial charge in [-0.3, -0.25) is 9.69 Å². The van der Waals surface area contributed by atoms with Crippen molar-refractivity contribution in [1.82, 2.24) is 15.5 Å². The number of benzene rings is 1. The highest BCUT2D eigenvalue weighted by atomic mass is 35.5. The monoisotopic (exact) mass is 348 g/mol. The van der Waals surface area contributed by atoms with Gasteiger partial charge in [0.25, 0.3) is 5.91 Å². The maximum Gasteiger partial charge on any atom is 0.263 e. The summed E-state index contributed by atoms with van der Waals surface area (Å²) in [4.78, 5) is 14.2. The smallest absolute Gasteiger partial charge is 0.263 e. The summed E-state index contributed by atoms with van der Waals surface area (Å²) in [7, 11) is 0. The van der Waals surface area contributed by atoms with Crippen molar-refractivity contribution < 1.29 is 9.53 Å².